The summed E-state index contributed by atoms with van der Waals surface area (Å²) in [6.45, 7) is 3.80. The molecule has 0 heterocycles. The van der Waals surface area contributed by atoms with E-state index in [1.54, 1.807) is 36.2 Å². The molecule has 0 aromatic heterocycles. The van der Waals surface area contributed by atoms with Gasteiger partial charge in [0.15, 0.2) is 6.61 Å². The largest absolute Gasteiger partial charge is 0.484 e. The molecule has 178 valence electrons. The lowest BCUT2D eigenvalue weighted by atomic mass is 10.0. The molecule has 0 aliphatic carbocycles. The summed E-state index contributed by atoms with van der Waals surface area (Å²) in [5.74, 6) is 0.00725. The monoisotopic (exact) mass is 498 g/mol. The van der Waals surface area contributed by atoms with Crippen molar-refractivity contribution in [1.29, 1.82) is 0 Å². The molecule has 3 rings (SSSR count). The standard InChI is InChI=1S/C27H28Cl2N2O3/c1-18-13-23(14-19(2)26(18)29)34-17-25(32)31(16-21-9-11-22(28)12-10-21)24(27(33)30-3)15-20-7-5-4-6-8-20/h4-14,24H,15-17H2,1-3H3,(H,30,33). The number of nitrogens with zero attached hydrogens (tertiary/aromatic N) is 1. The van der Waals surface area contributed by atoms with E-state index in [9.17, 15) is 9.59 Å². The van der Waals surface area contributed by atoms with Gasteiger partial charge < -0.3 is 15.0 Å². The number of hydrogen-bond acceptors (Lipinski definition) is 3. The number of ether oxygens (including phenoxy) is 1. The smallest absolute Gasteiger partial charge is 0.261 e. The molecule has 0 fully saturated rings. The molecule has 1 atom stereocenters. The van der Waals surface area contributed by atoms with E-state index >= 15 is 0 Å². The number of carbonyl (C=O) groups is 2. The quantitative estimate of drug-likeness (QED) is 0.431. The van der Waals surface area contributed by atoms with Crippen LogP contribution in [0.3, 0.4) is 0 Å². The molecule has 0 saturated heterocycles. The van der Waals surface area contributed by atoms with Gasteiger partial charge in [-0.05, 0) is 60.4 Å². The maximum atomic E-state index is 13.4. The van der Waals surface area contributed by atoms with Crippen LogP contribution in [0, 0.1) is 13.8 Å². The Morgan fingerprint density at radius 3 is 2.15 bits per heavy atom. The number of carbonyl (C=O) groups excluding carboxylic acids is 2. The highest BCUT2D eigenvalue weighted by Gasteiger charge is 2.30. The van der Waals surface area contributed by atoms with E-state index in [0.717, 1.165) is 22.3 Å². The van der Waals surface area contributed by atoms with Crippen molar-refractivity contribution in [1.82, 2.24) is 10.2 Å². The van der Waals surface area contributed by atoms with Crippen molar-refractivity contribution < 1.29 is 14.3 Å². The molecule has 0 radical (unpaired) electrons. The maximum Gasteiger partial charge on any atom is 0.261 e. The zero-order valence-corrected chi connectivity index (χ0v) is 21.0. The second-order valence-corrected chi connectivity index (χ2v) is 8.94. The normalized spacial score (nSPS) is 11.6. The van der Waals surface area contributed by atoms with Crippen molar-refractivity contribution in [2.75, 3.05) is 13.7 Å². The number of nitrogens with one attached hydrogen (secondary N) is 1. The molecule has 1 N–H and O–H groups in total. The molecule has 1 unspecified atom stereocenters. The van der Waals surface area contributed by atoms with Gasteiger partial charge in [-0.25, -0.2) is 0 Å². The molecule has 34 heavy (non-hydrogen) atoms. The van der Waals surface area contributed by atoms with Crippen LogP contribution in [0.1, 0.15) is 22.3 Å². The average molecular weight is 499 g/mol. The van der Waals surface area contributed by atoms with Gasteiger partial charge in [0.1, 0.15) is 11.8 Å². The van der Waals surface area contributed by atoms with E-state index < -0.39 is 6.04 Å². The average Bonchev–Trinajstić information content (AvgIpc) is 2.84. The minimum absolute atomic E-state index is 0.212. The Kier molecular flexibility index (Phi) is 8.97. The third kappa shape index (κ3) is 6.75. The van der Waals surface area contributed by atoms with Crippen LogP contribution in [0.25, 0.3) is 0 Å². The fraction of sp³-hybridized carbons (Fsp3) is 0.259. The minimum Gasteiger partial charge on any atom is -0.484 e. The number of rotatable bonds is 9. The van der Waals surface area contributed by atoms with Crippen LogP contribution < -0.4 is 10.1 Å². The summed E-state index contributed by atoms with van der Waals surface area (Å²) in [5, 5.41) is 3.98. The van der Waals surface area contributed by atoms with Gasteiger partial charge in [0.2, 0.25) is 5.91 Å². The van der Waals surface area contributed by atoms with Gasteiger partial charge in [-0.15, -0.1) is 0 Å². The van der Waals surface area contributed by atoms with E-state index in [2.05, 4.69) is 5.32 Å². The van der Waals surface area contributed by atoms with Crippen LogP contribution in [0.15, 0.2) is 66.7 Å². The Bertz CT molecular complexity index is 1110. The van der Waals surface area contributed by atoms with Gasteiger partial charge in [-0.3, -0.25) is 9.59 Å². The Morgan fingerprint density at radius 1 is 0.941 bits per heavy atom. The Balaban J connectivity index is 1.88. The summed E-state index contributed by atoms with van der Waals surface area (Å²) in [6, 6.07) is 19.7. The lowest BCUT2D eigenvalue weighted by Gasteiger charge is -2.31. The SMILES string of the molecule is CNC(=O)C(Cc1ccccc1)N(Cc1ccc(Cl)cc1)C(=O)COc1cc(C)c(Cl)c(C)c1. The molecule has 0 spiro atoms. The molecule has 7 heteroatoms. The van der Waals surface area contributed by atoms with Gasteiger partial charge in [-0.1, -0.05) is 65.7 Å². The number of amides is 2. The Hall–Kier alpha value is -3.02. The molecule has 0 aliphatic rings. The van der Waals surface area contributed by atoms with E-state index in [4.69, 9.17) is 27.9 Å². The molecular formula is C27H28Cl2N2O3. The second-order valence-electron chi connectivity index (χ2n) is 8.13. The van der Waals surface area contributed by atoms with Crippen molar-refractivity contribution >= 4 is 35.0 Å². The number of aryl methyl sites for hydroxylation is 2. The summed E-state index contributed by atoms with van der Waals surface area (Å²) < 4.78 is 5.83. The Labute approximate surface area is 210 Å². The molecule has 0 aliphatic heterocycles. The lowest BCUT2D eigenvalue weighted by molar-refractivity contribution is -0.142. The van der Waals surface area contributed by atoms with E-state index in [1.807, 2.05) is 56.3 Å². The highest BCUT2D eigenvalue weighted by molar-refractivity contribution is 6.32. The third-order valence-corrected chi connectivity index (χ3v) is 6.40. The first-order valence-corrected chi connectivity index (χ1v) is 11.7. The van der Waals surface area contributed by atoms with E-state index in [1.165, 1.54) is 0 Å². The highest BCUT2D eigenvalue weighted by Crippen LogP contribution is 2.26. The van der Waals surface area contributed by atoms with Crippen LogP contribution in [0.4, 0.5) is 0 Å². The zero-order chi connectivity index (χ0) is 24.7. The predicted molar refractivity (Wildman–Crippen MR) is 136 cm³/mol. The summed E-state index contributed by atoms with van der Waals surface area (Å²) in [6.07, 6.45) is 0.374. The topological polar surface area (TPSA) is 58.6 Å². The van der Waals surface area contributed by atoms with Crippen LogP contribution in [0.2, 0.25) is 10.0 Å². The first-order chi connectivity index (χ1) is 16.3. The number of hydrogen-bond donors (Lipinski definition) is 1. The molecule has 2 amide bonds. The van der Waals surface area contributed by atoms with Gasteiger partial charge in [0.05, 0.1) is 0 Å². The van der Waals surface area contributed by atoms with Crippen LogP contribution in [-0.4, -0.2) is 36.4 Å². The first kappa shape index (κ1) is 25.6. The predicted octanol–water partition coefficient (Wildman–Crippen LogP) is 5.38. The summed E-state index contributed by atoms with van der Waals surface area (Å²) in [5.41, 5.74) is 3.55. The molecular weight excluding hydrogens is 471 g/mol. The van der Waals surface area contributed by atoms with Crippen LogP contribution in [-0.2, 0) is 22.6 Å². The molecule has 5 nitrogen and oxygen atoms in total. The number of likely N-dealkylation sites (N-methyl/N-ethyl adjacent to an activating group) is 1. The lowest BCUT2D eigenvalue weighted by Crippen LogP contribution is -2.51. The molecule has 0 saturated carbocycles. The van der Waals surface area contributed by atoms with Crippen molar-refractivity contribution in [2.45, 2.75) is 32.9 Å². The highest BCUT2D eigenvalue weighted by atomic mass is 35.5. The first-order valence-electron chi connectivity index (χ1n) is 11.0. The summed E-state index contributed by atoms with van der Waals surface area (Å²) in [4.78, 5) is 27.9. The summed E-state index contributed by atoms with van der Waals surface area (Å²) >= 11 is 12.3. The molecule has 0 bridgehead atoms. The van der Waals surface area contributed by atoms with Crippen LogP contribution in [0.5, 0.6) is 5.75 Å². The van der Waals surface area contributed by atoms with E-state index in [-0.39, 0.29) is 25.0 Å². The van der Waals surface area contributed by atoms with Gasteiger partial charge in [0, 0.05) is 30.1 Å². The summed E-state index contributed by atoms with van der Waals surface area (Å²) in [7, 11) is 1.57. The number of halogens is 2. The van der Waals surface area contributed by atoms with Crippen molar-refractivity contribution in [3.8, 4) is 5.75 Å². The van der Waals surface area contributed by atoms with Gasteiger partial charge >= 0.3 is 0 Å². The van der Waals surface area contributed by atoms with Crippen molar-refractivity contribution in [3.63, 3.8) is 0 Å². The molecule has 3 aromatic rings. The minimum atomic E-state index is -0.715. The van der Waals surface area contributed by atoms with Crippen LogP contribution >= 0.6 is 23.2 Å². The van der Waals surface area contributed by atoms with Gasteiger partial charge in [0.25, 0.3) is 5.91 Å². The maximum absolute atomic E-state index is 13.4. The zero-order valence-electron chi connectivity index (χ0n) is 19.5. The fourth-order valence-electron chi connectivity index (χ4n) is 3.72. The van der Waals surface area contributed by atoms with E-state index in [0.29, 0.717) is 22.2 Å². The second kappa shape index (κ2) is 11.9. The van der Waals surface area contributed by atoms with Crippen molar-refractivity contribution in [3.05, 3.63) is 99.0 Å². The molecule has 3 aromatic carbocycles. The van der Waals surface area contributed by atoms with Gasteiger partial charge in [-0.2, -0.15) is 0 Å². The van der Waals surface area contributed by atoms with Crippen molar-refractivity contribution in [2.24, 2.45) is 0 Å². The fourth-order valence-corrected chi connectivity index (χ4v) is 3.96. The Morgan fingerprint density at radius 2 is 1.56 bits per heavy atom. The number of benzene rings is 3. The third-order valence-electron chi connectivity index (χ3n) is 5.56.